The summed E-state index contributed by atoms with van der Waals surface area (Å²) in [5.74, 6) is 0.575. The van der Waals surface area contributed by atoms with E-state index in [1.165, 1.54) is 6.07 Å². The molecule has 0 amide bonds. The summed E-state index contributed by atoms with van der Waals surface area (Å²) in [6.07, 6.45) is 0. The van der Waals surface area contributed by atoms with Crippen LogP contribution in [0.2, 0.25) is 5.02 Å². The Labute approximate surface area is 103 Å². The van der Waals surface area contributed by atoms with Crippen molar-refractivity contribution in [3.63, 3.8) is 0 Å². The predicted octanol–water partition coefficient (Wildman–Crippen LogP) is 2.83. The van der Waals surface area contributed by atoms with Crippen molar-refractivity contribution >= 4 is 29.1 Å². The number of rotatable bonds is 5. The van der Waals surface area contributed by atoms with Crippen molar-refractivity contribution in [2.75, 3.05) is 6.54 Å². The van der Waals surface area contributed by atoms with Gasteiger partial charge in [0.2, 0.25) is 0 Å². The molecule has 0 saturated carbocycles. The maximum absolute atomic E-state index is 10.8. The number of hydrogen-bond acceptors (Lipinski definition) is 4. The van der Waals surface area contributed by atoms with E-state index in [9.17, 15) is 10.1 Å². The van der Waals surface area contributed by atoms with Crippen LogP contribution < -0.4 is 5.73 Å². The van der Waals surface area contributed by atoms with Crippen LogP contribution in [0, 0.1) is 10.1 Å². The molecule has 1 aromatic rings. The third-order valence-corrected chi connectivity index (χ3v) is 3.57. The minimum atomic E-state index is -0.408. The summed E-state index contributed by atoms with van der Waals surface area (Å²) < 4.78 is 0. The van der Waals surface area contributed by atoms with Gasteiger partial charge in [-0.15, -0.1) is 0 Å². The lowest BCUT2D eigenvalue weighted by Gasteiger charge is -2.08. The van der Waals surface area contributed by atoms with Gasteiger partial charge in [-0.25, -0.2) is 0 Å². The Morgan fingerprint density at radius 2 is 2.31 bits per heavy atom. The standard InChI is InChI=1S/C10H13ClN2O2S/c1-7(5-12)16-6-8-2-3-9(11)4-10(8)13(14)15/h2-4,7H,5-6,12H2,1H3. The molecular weight excluding hydrogens is 248 g/mol. The number of nitrogens with zero attached hydrogens (tertiary/aromatic N) is 1. The number of nitrogens with two attached hydrogens (primary N) is 1. The number of benzene rings is 1. The van der Waals surface area contributed by atoms with Crippen molar-refractivity contribution in [2.45, 2.75) is 17.9 Å². The molecule has 1 atom stereocenters. The summed E-state index contributed by atoms with van der Waals surface area (Å²) >= 11 is 7.31. The molecule has 0 heterocycles. The summed E-state index contributed by atoms with van der Waals surface area (Å²) in [5, 5.41) is 11.5. The lowest BCUT2D eigenvalue weighted by molar-refractivity contribution is -0.385. The van der Waals surface area contributed by atoms with Gasteiger partial charge in [-0.05, 0) is 12.1 Å². The summed E-state index contributed by atoms with van der Waals surface area (Å²) in [4.78, 5) is 10.4. The molecule has 0 radical (unpaired) electrons. The van der Waals surface area contributed by atoms with Crippen molar-refractivity contribution in [1.82, 2.24) is 0 Å². The second-order valence-corrected chi connectivity index (χ2v) is 5.25. The largest absolute Gasteiger partial charge is 0.329 e. The fraction of sp³-hybridized carbons (Fsp3) is 0.400. The summed E-state index contributed by atoms with van der Waals surface area (Å²) in [6, 6.07) is 4.73. The molecular formula is C10H13ClN2O2S. The Morgan fingerprint density at radius 1 is 1.62 bits per heavy atom. The minimum absolute atomic E-state index is 0.0734. The van der Waals surface area contributed by atoms with Crippen LogP contribution in [0.3, 0.4) is 0 Å². The SMILES string of the molecule is CC(CN)SCc1ccc(Cl)cc1[N+](=O)[O-]. The summed E-state index contributed by atoms with van der Waals surface area (Å²) in [7, 11) is 0. The highest BCUT2D eigenvalue weighted by atomic mass is 35.5. The molecule has 0 aromatic heterocycles. The van der Waals surface area contributed by atoms with E-state index < -0.39 is 4.92 Å². The van der Waals surface area contributed by atoms with E-state index in [2.05, 4.69) is 0 Å². The van der Waals surface area contributed by atoms with Crippen LogP contribution in [0.5, 0.6) is 0 Å². The highest BCUT2D eigenvalue weighted by Crippen LogP contribution is 2.27. The zero-order valence-corrected chi connectivity index (χ0v) is 10.4. The molecule has 0 bridgehead atoms. The number of hydrogen-bond donors (Lipinski definition) is 1. The molecule has 0 aliphatic rings. The van der Waals surface area contributed by atoms with Gasteiger partial charge in [0, 0.05) is 34.2 Å². The van der Waals surface area contributed by atoms with Crippen molar-refractivity contribution in [3.05, 3.63) is 38.9 Å². The molecule has 0 aliphatic heterocycles. The molecule has 1 aromatic carbocycles. The van der Waals surface area contributed by atoms with E-state index in [4.69, 9.17) is 17.3 Å². The quantitative estimate of drug-likeness (QED) is 0.653. The van der Waals surface area contributed by atoms with Gasteiger partial charge in [0.1, 0.15) is 0 Å². The Morgan fingerprint density at radius 3 is 2.88 bits per heavy atom. The Balaban J connectivity index is 2.82. The molecule has 1 unspecified atom stereocenters. The van der Waals surface area contributed by atoms with Crippen LogP contribution in [0.15, 0.2) is 18.2 Å². The lowest BCUT2D eigenvalue weighted by atomic mass is 10.2. The van der Waals surface area contributed by atoms with E-state index in [0.717, 1.165) is 0 Å². The van der Waals surface area contributed by atoms with Crippen LogP contribution in [-0.2, 0) is 5.75 Å². The van der Waals surface area contributed by atoms with Gasteiger partial charge >= 0.3 is 0 Å². The highest BCUT2D eigenvalue weighted by molar-refractivity contribution is 7.99. The second-order valence-electron chi connectivity index (χ2n) is 3.39. The third kappa shape index (κ3) is 3.66. The van der Waals surface area contributed by atoms with Crippen molar-refractivity contribution in [3.8, 4) is 0 Å². The molecule has 4 nitrogen and oxygen atoms in total. The van der Waals surface area contributed by atoms with Gasteiger partial charge in [0.25, 0.3) is 5.69 Å². The highest BCUT2D eigenvalue weighted by Gasteiger charge is 2.14. The van der Waals surface area contributed by atoms with Gasteiger partial charge in [0.15, 0.2) is 0 Å². The molecule has 16 heavy (non-hydrogen) atoms. The molecule has 2 N–H and O–H groups in total. The Bertz CT molecular complexity index is 387. The second kappa shape index (κ2) is 6.08. The molecule has 88 valence electrons. The molecule has 1 rings (SSSR count). The number of halogens is 1. The van der Waals surface area contributed by atoms with Gasteiger partial charge < -0.3 is 5.73 Å². The summed E-state index contributed by atoms with van der Waals surface area (Å²) in [6.45, 7) is 2.55. The average Bonchev–Trinajstić information content (AvgIpc) is 2.26. The Hall–Kier alpha value is -0.780. The van der Waals surface area contributed by atoms with Gasteiger partial charge in [0.05, 0.1) is 4.92 Å². The number of nitro groups is 1. The van der Waals surface area contributed by atoms with Crippen LogP contribution in [0.4, 0.5) is 5.69 Å². The predicted molar refractivity (Wildman–Crippen MR) is 67.9 cm³/mol. The van der Waals surface area contributed by atoms with Gasteiger partial charge in [-0.3, -0.25) is 10.1 Å². The molecule has 0 saturated heterocycles. The van der Waals surface area contributed by atoms with Crippen LogP contribution >= 0.6 is 23.4 Å². The maximum atomic E-state index is 10.8. The summed E-state index contributed by atoms with van der Waals surface area (Å²) in [5.41, 5.74) is 6.24. The third-order valence-electron chi connectivity index (χ3n) is 2.10. The topological polar surface area (TPSA) is 69.2 Å². The molecule has 6 heteroatoms. The van der Waals surface area contributed by atoms with Gasteiger partial charge in [-0.1, -0.05) is 18.5 Å². The maximum Gasteiger partial charge on any atom is 0.274 e. The van der Waals surface area contributed by atoms with E-state index in [1.54, 1.807) is 23.9 Å². The molecule has 0 aliphatic carbocycles. The zero-order valence-electron chi connectivity index (χ0n) is 8.85. The number of nitro benzene ring substituents is 1. The van der Waals surface area contributed by atoms with Crippen LogP contribution in [-0.4, -0.2) is 16.7 Å². The normalized spacial score (nSPS) is 12.4. The van der Waals surface area contributed by atoms with E-state index in [1.807, 2.05) is 6.92 Å². The first-order chi connectivity index (χ1) is 7.54. The average molecular weight is 261 g/mol. The molecule has 0 fully saturated rings. The van der Waals surface area contributed by atoms with Crippen molar-refractivity contribution in [1.29, 1.82) is 0 Å². The smallest absolute Gasteiger partial charge is 0.274 e. The first-order valence-corrected chi connectivity index (χ1v) is 6.21. The first-order valence-electron chi connectivity index (χ1n) is 4.79. The van der Waals surface area contributed by atoms with Crippen molar-refractivity contribution in [2.24, 2.45) is 5.73 Å². The van der Waals surface area contributed by atoms with E-state index in [-0.39, 0.29) is 10.9 Å². The van der Waals surface area contributed by atoms with Crippen LogP contribution in [0.25, 0.3) is 0 Å². The number of thioether (sulfide) groups is 1. The molecule has 0 spiro atoms. The first kappa shape index (κ1) is 13.3. The zero-order chi connectivity index (χ0) is 12.1. The van der Waals surface area contributed by atoms with Crippen LogP contribution in [0.1, 0.15) is 12.5 Å². The lowest BCUT2D eigenvalue weighted by Crippen LogP contribution is -2.12. The fourth-order valence-corrected chi connectivity index (χ4v) is 2.14. The van der Waals surface area contributed by atoms with E-state index >= 15 is 0 Å². The fourth-order valence-electron chi connectivity index (χ4n) is 1.13. The minimum Gasteiger partial charge on any atom is -0.329 e. The van der Waals surface area contributed by atoms with Crippen molar-refractivity contribution < 1.29 is 4.92 Å². The van der Waals surface area contributed by atoms with Gasteiger partial charge in [-0.2, -0.15) is 11.8 Å². The monoisotopic (exact) mass is 260 g/mol. The van der Waals surface area contributed by atoms with E-state index in [0.29, 0.717) is 22.9 Å². The Kier molecular flexibility index (Phi) is 5.05.